The second-order valence-electron chi connectivity index (χ2n) is 4.19. The Bertz CT molecular complexity index is 460. The third-order valence-corrected chi connectivity index (χ3v) is 12.6. The molecule has 1 aromatic rings. The van der Waals surface area contributed by atoms with Crippen LogP contribution < -0.4 is 30.1 Å². The molecule has 1 aliphatic rings. The SMILES string of the molecule is C[C](C)=[Ti+2]([PH]c1ccccc1)[C]1=CC=CC1.[Cl-].[Cl-]. The van der Waals surface area contributed by atoms with Crippen molar-refractivity contribution in [2.45, 2.75) is 20.3 Å². The fraction of sp³-hybridized carbons (Fsp3) is 0.214. The molecule has 1 aliphatic carbocycles. The van der Waals surface area contributed by atoms with E-state index in [2.05, 4.69) is 62.4 Å². The van der Waals surface area contributed by atoms with E-state index >= 15 is 0 Å². The quantitative estimate of drug-likeness (QED) is 0.427. The maximum absolute atomic E-state index is 2.36. The first-order valence-corrected chi connectivity index (χ1v) is 10.5. The normalized spacial score (nSPS) is 12.4. The van der Waals surface area contributed by atoms with Crippen molar-refractivity contribution < 1.29 is 41.7 Å². The minimum absolute atomic E-state index is 0. The van der Waals surface area contributed by atoms with Crippen molar-refractivity contribution in [1.82, 2.24) is 0 Å². The van der Waals surface area contributed by atoms with Gasteiger partial charge in [0.05, 0.1) is 0 Å². The molecule has 0 N–H and O–H groups in total. The first-order chi connectivity index (χ1) is 7.77. The van der Waals surface area contributed by atoms with E-state index in [0.29, 0.717) is 0 Å². The van der Waals surface area contributed by atoms with Gasteiger partial charge in [-0.3, -0.25) is 0 Å². The molecule has 0 saturated carbocycles. The van der Waals surface area contributed by atoms with Gasteiger partial charge in [-0.05, 0) is 0 Å². The molecular weight excluding hydrogens is 318 g/mol. The average Bonchev–Trinajstić information content (AvgIpc) is 2.80. The third kappa shape index (κ3) is 5.12. The van der Waals surface area contributed by atoms with Gasteiger partial charge in [-0.1, -0.05) is 0 Å². The predicted octanol–water partition coefficient (Wildman–Crippen LogP) is -2.41. The van der Waals surface area contributed by atoms with Crippen molar-refractivity contribution in [2.75, 3.05) is 0 Å². The fourth-order valence-corrected chi connectivity index (χ4v) is 9.62. The first-order valence-electron chi connectivity index (χ1n) is 5.63. The Morgan fingerprint density at radius 1 is 1.11 bits per heavy atom. The number of hydrogen-bond donors (Lipinski definition) is 0. The molecule has 0 amide bonds. The Kier molecular flexibility index (Phi) is 9.39. The Balaban J connectivity index is 0.00000144. The van der Waals surface area contributed by atoms with Crippen LogP contribution in [-0.4, -0.2) is 3.81 Å². The summed E-state index contributed by atoms with van der Waals surface area (Å²) in [4.78, 5) is 0. The Labute approximate surface area is 129 Å². The van der Waals surface area contributed by atoms with Crippen molar-refractivity contribution in [3.8, 4) is 0 Å². The number of allylic oxidation sites excluding steroid dienone is 4. The van der Waals surface area contributed by atoms with Crippen LogP contribution in [0.4, 0.5) is 0 Å². The summed E-state index contributed by atoms with van der Waals surface area (Å²) in [7, 11) is 0. The number of benzene rings is 1. The van der Waals surface area contributed by atoms with Gasteiger partial charge in [0.25, 0.3) is 0 Å². The number of rotatable bonds is 3. The van der Waals surface area contributed by atoms with E-state index in [0.717, 1.165) is 6.57 Å². The molecule has 0 spiro atoms. The van der Waals surface area contributed by atoms with Crippen molar-refractivity contribution in [3.63, 3.8) is 0 Å². The van der Waals surface area contributed by atoms with E-state index in [9.17, 15) is 0 Å². The molecule has 4 heteroatoms. The molecule has 1 unspecified atom stereocenters. The van der Waals surface area contributed by atoms with Crippen molar-refractivity contribution in [2.24, 2.45) is 0 Å². The zero-order valence-electron chi connectivity index (χ0n) is 10.6. The molecule has 0 saturated heterocycles. The first kappa shape index (κ1) is 18.3. The van der Waals surface area contributed by atoms with Crippen LogP contribution in [0, 0.1) is 0 Å². The van der Waals surface area contributed by atoms with Gasteiger partial charge in [0.2, 0.25) is 0 Å². The molecule has 0 heterocycles. The summed E-state index contributed by atoms with van der Waals surface area (Å²) in [6.07, 6.45) is 8.08. The number of hydrogen-bond acceptors (Lipinski definition) is 0. The number of halogens is 2. The standard InChI is InChI=1S/C6H6P.C5H5.C3H6.2ClH.Ti/c7-6-4-2-1-3-5-6;1-2-4-5-3-1;1-3-2;;;/h1-5,7H;1-3H,4H2;1-2H3;2*1H;/q-1;;;;;+3/p-2. The summed E-state index contributed by atoms with van der Waals surface area (Å²) in [5.74, 6) is 0. The van der Waals surface area contributed by atoms with Crippen molar-refractivity contribution in [1.29, 1.82) is 0 Å². The second kappa shape index (κ2) is 9.24. The summed E-state index contributed by atoms with van der Waals surface area (Å²) < 4.78 is 3.43. The van der Waals surface area contributed by atoms with Crippen LogP contribution in [0.15, 0.2) is 52.4 Å². The largest absolute Gasteiger partial charge is 1.00 e. The minimum Gasteiger partial charge on any atom is -1.00 e. The summed E-state index contributed by atoms with van der Waals surface area (Å²) in [6.45, 7) is 5.68. The summed E-state index contributed by atoms with van der Waals surface area (Å²) in [5.41, 5.74) is 0. The van der Waals surface area contributed by atoms with Crippen LogP contribution >= 0.6 is 6.57 Å². The van der Waals surface area contributed by atoms with Gasteiger partial charge in [0.15, 0.2) is 0 Å². The Morgan fingerprint density at radius 3 is 2.28 bits per heavy atom. The molecule has 0 radical (unpaired) electrons. The van der Waals surface area contributed by atoms with Gasteiger partial charge in [-0.25, -0.2) is 0 Å². The topological polar surface area (TPSA) is 0 Å². The van der Waals surface area contributed by atoms with E-state index < -0.39 is 16.9 Å². The van der Waals surface area contributed by atoms with Crippen LogP contribution in [-0.2, 0) is 16.9 Å². The Hall–Kier alpha value is 0.294. The molecule has 96 valence electrons. The van der Waals surface area contributed by atoms with Gasteiger partial charge in [0, 0.05) is 0 Å². The van der Waals surface area contributed by atoms with E-state index in [1.165, 1.54) is 11.7 Å². The molecule has 0 fully saturated rings. The molecule has 0 aliphatic heterocycles. The molecule has 2 rings (SSSR count). The Morgan fingerprint density at radius 2 is 1.78 bits per heavy atom. The zero-order chi connectivity index (χ0) is 11.4. The van der Waals surface area contributed by atoms with Crippen LogP contribution in [0.2, 0.25) is 0 Å². The molecule has 1 atom stereocenters. The smallest absolute Gasteiger partial charge is 1.00 e. The molecule has 0 nitrogen and oxygen atoms in total. The molecular formula is C14H17Cl2PTi. The fourth-order valence-electron chi connectivity index (χ4n) is 1.82. The molecule has 0 bridgehead atoms. The molecule has 18 heavy (non-hydrogen) atoms. The molecule has 1 aromatic carbocycles. The van der Waals surface area contributed by atoms with Gasteiger partial charge in [-0.2, -0.15) is 0 Å². The zero-order valence-corrected chi connectivity index (χ0v) is 14.7. The second-order valence-corrected chi connectivity index (χ2v) is 12.0. The summed E-state index contributed by atoms with van der Waals surface area (Å²) in [6, 6.07) is 11.0. The third-order valence-electron chi connectivity index (χ3n) is 2.64. The maximum atomic E-state index is 2.36. The minimum atomic E-state index is -1.14. The van der Waals surface area contributed by atoms with Gasteiger partial charge in [-0.15, -0.1) is 0 Å². The monoisotopic (exact) mass is 334 g/mol. The van der Waals surface area contributed by atoms with Crippen molar-refractivity contribution >= 4 is 15.7 Å². The summed E-state index contributed by atoms with van der Waals surface area (Å²) >= 11 is -1.14. The van der Waals surface area contributed by atoms with Crippen LogP contribution in [0.25, 0.3) is 0 Å². The predicted molar refractivity (Wildman–Crippen MR) is 72.6 cm³/mol. The van der Waals surface area contributed by atoms with Gasteiger partial charge in [0.1, 0.15) is 0 Å². The summed E-state index contributed by atoms with van der Waals surface area (Å²) in [5, 5.41) is 1.53. The average molecular weight is 335 g/mol. The molecule has 0 aromatic heterocycles. The van der Waals surface area contributed by atoms with Gasteiger partial charge >= 0.3 is 105 Å². The van der Waals surface area contributed by atoms with Crippen LogP contribution in [0.3, 0.4) is 0 Å². The van der Waals surface area contributed by atoms with E-state index in [1.807, 2.05) is 0 Å². The van der Waals surface area contributed by atoms with Gasteiger partial charge < -0.3 is 24.8 Å². The van der Waals surface area contributed by atoms with Crippen LogP contribution in [0.1, 0.15) is 20.3 Å². The van der Waals surface area contributed by atoms with E-state index in [-0.39, 0.29) is 24.8 Å². The van der Waals surface area contributed by atoms with Crippen molar-refractivity contribution in [3.05, 3.63) is 52.4 Å². The van der Waals surface area contributed by atoms with E-state index in [4.69, 9.17) is 0 Å². The van der Waals surface area contributed by atoms with E-state index in [1.54, 1.807) is 7.69 Å². The maximum Gasteiger partial charge on any atom is -1.00 e. The van der Waals surface area contributed by atoms with Crippen LogP contribution in [0.5, 0.6) is 0 Å².